The molecular formula is C26H40O11. The average molecular weight is 529 g/mol. The van der Waals surface area contributed by atoms with E-state index in [2.05, 4.69) is 6.58 Å². The summed E-state index contributed by atoms with van der Waals surface area (Å²) in [7, 11) is 0. The van der Waals surface area contributed by atoms with E-state index in [1.807, 2.05) is 6.92 Å². The van der Waals surface area contributed by atoms with Crippen molar-refractivity contribution in [1.29, 1.82) is 0 Å². The van der Waals surface area contributed by atoms with Crippen molar-refractivity contribution in [2.24, 2.45) is 17.3 Å². The highest BCUT2D eigenvalue weighted by molar-refractivity contribution is 5.87. The molecule has 0 saturated heterocycles. The third-order valence-corrected chi connectivity index (χ3v) is 6.11. The van der Waals surface area contributed by atoms with E-state index in [4.69, 9.17) is 23.7 Å². The number of esters is 5. The largest absolute Gasteiger partial charge is 0.465 e. The predicted octanol–water partition coefficient (Wildman–Crippen LogP) is 2.27. The molecule has 0 aliphatic heterocycles. The van der Waals surface area contributed by atoms with Gasteiger partial charge >= 0.3 is 29.8 Å². The molecule has 0 amide bonds. The topological polar surface area (TPSA) is 152 Å². The summed E-state index contributed by atoms with van der Waals surface area (Å²) in [5.74, 6) is -4.37. The number of hydrogen-bond donors (Lipinski definition) is 1. The van der Waals surface area contributed by atoms with Gasteiger partial charge in [-0.3, -0.25) is 19.2 Å². The quantitative estimate of drug-likeness (QED) is 0.144. The van der Waals surface area contributed by atoms with Gasteiger partial charge in [0.2, 0.25) is 0 Å². The van der Waals surface area contributed by atoms with Gasteiger partial charge in [-0.05, 0) is 40.0 Å². The average Bonchev–Trinajstić information content (AvgIpc) is 2.87. The van der Waals surface area contributed by atoms with E-state index in [-0.39, 0.29) is 44.4 Å². The molecule has 0 spiro atoms. The summed E-state index contributed by atoms with van der Waals surface area (Å²) in [5.41, 5.74) is -0.431. The van der Waals surface area contributed by atoms with Crippen LogP contribution >= 0.6 is 0 Å². The van der Waals surface area contributed by atoms with E-state index < -0.39 is 53.8 Å². The summed E-state index contributed by atoms with van der Waals surface area (Å²) < 4.78 is 25.2. The smallest absolute Gasteiger partial charge is 0.333 e. The number of aliphatic hydroxyl groups is 1. The third kappa shape index (κ3) is 11.8. The van der Waals surface area contributed by atoms with Crippen LogP contribution < -0.4 is 0 Å². The summed E-state index contributed by atoms with van der Waals surface area (Å²) >= 11 is 0. The molecule has 0 bridgehead atoms. The molecule has 1 fully saturated rings. The van der Waals surface area contributed by atoms with Crippen molar-refractivity contribution < 1.29 is 52.8 Å². The first-order valence-corrected chi connectivity index (χ1v) is 12.6. The third-order valence-electron chi connectivity index (χ3n) is 6.11. The van der Waals surface area contributed by atoms with Crippen molar-refractivity contribution in [2.45, 2.75) is 72.3 Å². The Morgan fingerprint density at radius 1 is 0.865 bits per heavy atom. The van der Waals surface area contributed by atoms with Crippen molar-refractivity contribution in [3.8, 4) is 0 Å². The van der Waals surface area contributed by atoms with Crippen LogP contribution in [-0.4, -0.2) is 74.1 Å². The zero-order chi connectivity index (χ0) is 28.0. The minimum Gasteiger partial charge on any atom is -0.465 e. The molecule has 1 saturated carbocycles. The van der Waals surface area contributed by atoms with E-state index in [0.29, 0.717) is 19.3 Å². The molecule has 210 valence electrons. The van der Waals surface area contributed by atoms with E-state index in [1.165, 1.54) is 6.92 Å². The van der Waals surface area contributed by atoms with Gasteiger partial charge in [0.1, 0.15) is 39.1 Å². The van der Waals surface area contributed by atoms with Crippen molar-refractivity contribution in [3.05, 3.63) is 12.2 Å². The first-order valence-electron chi connectivity index (χ1n) is 12.6. The van der Waals surface area contributed by atoms with Gasteiger partial charge in [0, 0.05) is 5.57 Å². The fourth-order valence-electron chi connectivity index (χ4n) is 3.37. The Morgan fingerprint density at radius 3 is 1.97 bits per heavy atom. The highest BCUT2D eigenvalue weighted by Gasteiger charge is 2.38. The van der Waals surface area contributed by atoms with Crippen LogP contribution in [0.5, 0.6) is 0 Å². The minimum atomic E-state index is -1.21. The lowest BCUT2D eigenvalue weighted by molar-refractivity contribution is -0.166. The zero-order valence-electron chi connectivity index (χ0n) is 22.2. The molecular weight excluding hydrogens is 488 g/mol. The maximum absolute atomic E-state index is 12.6. The Bertz CT molecular complexity index is 817. The van der Waals surface area contributed by atoms with Crippen molar-refractivity contribution in [2.75, 3.05) is 33.0 Å². The SMILES string of the molecule is C=C(C)C(=O)OCC(O)COC(=O)C1CCCCC1C(=O)OCCC(=O)OCCOC(=O)C(C)(C)CC. The van der Waals surface area contributed by atoms with Crippen molar-refractivity contribution in [1.82, 2.24) is 0 Å². The first-order chi connectivity index (χ1) is 17.4. The molecule has 11 heteroatoms. The first kappa shape index (κ1) is 32.1. The van der Waals surface area contributed by atoms with Crippen LogP contribution in [0.25, 0.3) is 0 Å². The molecule has 0 aromatic rings. The van der Waals surface area contributed by atoms with E-state index in [1.54, 1.807) is 13.8 Å². The van der Waals surface area contributed by atoms with Gasteiger partial charge in [0.15, 0.2) is 0 Å². The lowest BCUT2D eigenvalue weighted by Gasteiger charge is -2.28. The Labute approximate surface area is 217 Å². The van der Waals surface area contributed by atoms with Crippen LogP contribution in [0.2, 0.25) is 0 Å². The molecule has 11 nitrogen and oxygen atoms in total. The van der Waals surface area contributed by atoms with Gasteiger partial charge in [-0.1, -0.05) is 26.3 Å². The number of carbonyl (C=O) groups is 5. The van der Waals surface area contributed by atoms with Crippen LogP contribution in [-0.2, 0) is 47.7 Å². The monoisotopic (exact) mass is 528 g/mol. The van der Waals surface area contributed by atoms with Crippen LogP contribution in [0.3, 0.4) is 0 Å². The van der Waals surface area contributed by atoms with Crippen LogP contribution in [0.4, 0.5) is 0 Å². The standard InChI is InChI=1S/C26H40O11/c1-6-26(4,5)25(32)35-14-13-33-21(28)11-12-34-23(30)19-9-7-8-10-20(19)24(31)37-16-18(27)15-36-22(29)17(2)3/h18-20,27H,2,6-16H2,1,3-5H3. The fraction of sp³-hybridized carbons (Fsp3) is 0.731. The highest BCUT2D eigenvalue weighted by atomic mass is 16.6. The van der Waals surface area contributed by atoms with Gasteiger partial charge < -0.3 is 28.8 Å². The number of rotatable bonds is 15. The molecule has 1 aliphatic rings. The molecule has 3 atom stereocenters. The second-order valence-electron chi connectivity index (χ2n) is 9.67. The second kappa shape index (κ2) is 16.0. The highest BCUT2D eigenvalue weighted by Crippen LogP contribution is 2.32. The van der Waals surface area contributed by atoms with E-state index in [0.717, 1.165) is 12.8 Å². The number of carbonyl (C=O) groups excluding carboxylic acids is 5. The Hall–Kier alpha value is -2.95. The molecule has 1 aliphatic carbocycles. The summed E-state index contributed by atoms with van der Waals surface area (Å²) in [4.78, 5) is 60.2. The zero-order valence-corrected chi connectivity index (χ0v) is 22.2. The Balaban J connectivity index is 2.37. The summed E-state index contributed by atoms with van der Waals surface area (Å²) in [6, 6.07) is 0. The molecule has 0 heterocycles. The lowest BCUT2D eigenvalue weighted by Crippen LogP contribution is -2.36. The summed E-state index contributed by atoms with van der Waals surface area (Å²) in [5, 5.41) is 9.88. The second-order valence-corrected chi connectivity index (χ2v) is 9.67. The molecule has 0 aromatic carbocycles. The normalized spacial score (nSPS) is 18.2. The van der Waals surface area contributed by atoms with Gasteiger partial charge in [-0.25, -0.2) is 4.79 Å². The molecule has 0 aromatic heterocycles. The molecule has 1 N–H and O–H groups in total. The lowest BCUT2D eigenvalue weighted by atomic mass is 9.79. The number of ether oxygens (including phenoxy) is 5. The fourth-order valence-corrected chi connectivity index (χ4v) is 3.37. The van der Waals surface area contributed by atoms with Gasteiger partial charge in [0.25, 0.3) is 0 Å². The molecule has 3 unspecified atom stereocenters. The minimum absolute atomic E-state index is 0.0648. The van der Waals surface area contributed by atoms with Crippen LogP contribution in [0, 0.1) is 17.3 Å². The number of hydrogen-bond acceptors (Lipinski definition) is 11. The number of aliphatic hydroxyl groups excluding tert-OH is 1. The van der Waals surface area contributed by atoms with E-state index in [9.17, 15) is 29.1 Å². The maximum atomic E-state index is 12.6. The Morgan fingerprint density at radius 2 is 1.41 bits per heavy atom. The van der Waals surface area contributed by atoms with Gasteiger partial charge in [-0.2, -0.15) is 0 Å². The molecule has 37 heavy (non-hydrogen) atoms. The summed E-state index contributed by atoms with van der Waals surface area (Å²) in [6.45, 7) is 9.16. The van der Waals surface area contributed by atoms with Crippen molar-refractivity contribution in [3.63, 3.8) is 0 Å². The predicted molar refractivity (Wildman–Crippen MR) is 130 cm³/mol. The molecule has 1 rings (SSSR count). The van der Waals surface area contributed by atoms with Gasteiger partial charge in [-0.15, -0.1) is 0 Å². The van der Waals surface area contributed by atoms with Crippen LogP contribution in [0.15, 0.2) is 12.2 Å². The molecule has 0 radical (unpaired) electrons. The van der Waals surface area contributed by atoms with Crippen molar-refractivity contribution >= 4 is 29.8 Å². The van der Waals surface area contributed by atoms with Crippen LogP contribution in [0.1, 0.15) is 66.2 Å². The Kier molecular flexibility index (Phi) is 13.9. The van der Waals surface area contributed by atoms with E-state index >= 15 is 0 Å². The van der Waals surface area contributed by atoms with Gasteiger partial charge in [0.05, 0.1) is 23.7 Å². The summed E-state index contributed by atoms with van der Waals surface area (Å²) in [6.07, 6.45) is 1.54. The maximum Gasteiger partial charge on any atom is 0.333 e.